The van der Waals surface area contributed by atoms with Crippen LogP contribution in [-0.2, 0) is 0 Å². The van der Waals surface area contributed by atoms with Gasteiger partial charge in [0, 0.05) is 18.8 Å². The smallest absolute Gasteiger partial charge is 0.123 e. The standard InChI is InChI=1S/C11H12FN/c12-9-1-2-11-10(7-9)8-3-5-13(11)6-4-8/h1-2,7-8H,3-6H2. The summed E-state index contributed by atoms with van der Waals surface area (Å²) in [6, 6.07) is 5.21. The minimum Gasteiger partial charge on any atom is -0.371 e. The lowest BCUT2D eigenvalue weighted by atomic mass is 9.83. The summed E-state index contributed by atoms with van der Waals surface area (Å²) in [6.07, 6.45) is 2.41. The van der Waals surface area contributed by atoms with Gasteiger partial charge in [-0.05, 0) is 42.5 Å². The first-order chi connectivity index (χ1) is 6.34. The Morgan fingerprint density at radius 1 is 1.23 bits per heavy atom. The number of halogens is 1. The van der Waals surface area contributed by atoms with Crippen molar-refractivity contribution in [2.75, 3.05) is 18.0 Å². The predicted molar refractivity (Wildman–Crippen MR) is 50.6 cm³/mol. The van der Waals surface area contributed by atoms with Crippen molar-refractivity contribution in [3.63, 3.8) is 0 Å². The Hall–Kier alpha value is -1.05. The molecule has 3 aliphatic heterocycles. The van der Waals surface area contributed by atoms with E-state index in [4.69, 9.17) is 0 Å². The molecule has 0 radical (unpaired) electrons. The van der Waals surface area contributed by atoms with E-state index in [9.17, 15) is 4.39 Å². The lowest BCUT2D eigenvalue weighted by Crippen LogP contribution is -2.38. The predicted octanol–water partition coefficient (Wildman–Crippen LogP) is 2.52. The van der Waals surface area contributed by atoms with Gasteiger partial charge in [-0.1, -0.05) is 0 Å². The Kier molecular flexibility index (Phi) is 1.40. The van der Waals surface area contributed by atoms with E-state index < -0.39 is 0 Å². The molecule has 0 amide bonds. The fourth-order valence-electron chi connectivity index (χ4n) is 2.57. The molecule has 1 nitrogen and oxygen atoms in total. The molecule has 0 unspecified atom stereocenters. The van der Waals surface area contributed by atoms with Gasteiger partial charge in [-0.2, -0.15) is 0 Å². The normalized spacial score (nSPS) is 20.5. The number of fused-ring (bicyclic) bond motifs is 2. The molecule has 1 aromatic rings. The molecular weight excluding hydrogens is 165 g/mol. The molecule has 1 saturated heterocycles. The molecule has 68 valence electrons. The molecule has 0 aliphatic carbocycles. The minimum absolute atomic E-state index is 0.0903. The number of benzene rings is 1. The second-order valence-corrected chi connectivity index (χ2v) is 3.96. The zero-order valence-corrected chi connectivity index (χ0v) is 7.46. The van der Waals surface area contributed by atoms with Crippen molar-refractivity contribution in [1.82, 2.24) is 0 Å². The van der Waals surface area contributed by atoms with E-state index in [0.29, 0.717) is 5.92 Å². The van der Waals surface area contributed by atoms with Gasteiger partial charge in [-0.15, -0.1) is 0 Å². The van der Waals surface area contributed by atoms with Gasteiger partial charge in [0.05, 0.1) is 0 Å². The summed E-state index contributed by atoms with van der Waals surface area (Å²) in [5, 5.41) is 0. The van der Waals surface area contributed by atoms with Crippen LogP contribution in [0.25, 0.3) is 0 Å². The molecule has 0 aromatic heterocycles. The lowest BCUT2D eigenvalue weighted by Gasteiger charge is -2.42. The number of piperidine rings is 1. The molecule has 3 aliphatic rings. The highest BCUT2D eigenvalue weighted by Gasteiger charge is 2.30. The maximum atomic E-state index is 13.0. The van der Waals surface area contributed by atoms with Gasteiger partial charge in [0.15, 0.2) is 0 Å². The fourth-order valence-corrected chi connectivity index (χ4v) is 2.57. The summed E-state index contributed by atoms with van der Waals surface area (Å²) in [7, 11) is 0. The van der Waals surface area contributed by atoms with Gasteiger partial charge in [-0.3, -0.25) is 0 Å². The second-order valence-electron chi connectivity index (χ2n) is 3.96. The molecule has 0 saturated carbocycles. The number of anilines is 1. The largest absolute Gasteiger partial charge is 0.371 e. The number of rotatable bonds is 0. The highest BCUT2D eigenvalue weighted by atomic mass is 19.1. The Bertz CT molecular complexity index is 340. The molecule has 2 heteroatoms. The van der Waals surface area contributed by atoms with Crippen LogP contribution < -0.4 is 4.90 Å². The Morgan fingerprint density at radius 3 is 2.77 bits per heavy atom. The third-order valence-corrected chi connectivity index (χ3v) is 3.27. The van der Waals surface area contributed by atoms with Gasteiger partial charge in [0.1, 0.15) is 5.82 Å². The van der Waals surface area contributed by atoms with E-state index in [1.54, 1.807) is 12.1 Å². The zero-order valence-electron chi connectivity index (χ0n) is 7.46. The highest BCUT2D eigenvalue weighted by Crippen LogP contribution is 2.41. The van der Waals surface area contributed by atoms with Crippen LogP contribution in [0, 0.1) is 5.82 Å². The summed E-state index contributed by atoms with van der Waals surface area (Å²) in [5.41, 5.74) is 2.50. The molecule has 2 bridgehead atoms. The molecular formula is C11H12FN. The molecule has 13 heavy (non-hydrogen) atoms. The van der Waals surface area contributed by atoms with Crippen LogP contribution in [-0.4, -0.2) is 13.1 Å². The molecule has 1 aromatic carbocycles. The fraction of sp³-hybridized carbons (Fsp3) is 0.455. The van der Waals surface area contributed by atoms with Crippen LogP contribution >= 0.6 is 0 Å². The monoisotopic (exact) mass is 177 g/mol. The van der Waals surface area contributed by atoms with Crippen LogP contribution in [0.2, 0.25) is 0 Å². The van der Waals surface area contributed by atoms with Crippen LogP contribution in [0.4, 0.5) is 10.1 Å². The lowest BCUT2D eigenvalue weighted by molar-refractivity contribution is 0.471. The summed E-state index contributed by atoms with van der Waals surface area (Å²) in [5.74, 6) is 0.531. The number of hydrogen-bond acceptors (Lipinski definition) is 1. The van der Waals surface area contributed by atoms with Gasteiger partial charge in [-0.25, -0.2) is 4.39 Å². The molecule has 0 N–H and O–H groups in total. The maximum Gasteiger partial charge on any atom is 0.123 e. The average Bonchev–Trinajstić information content (AvgIpc) is 2.19. The van der Waals surface area contributed by atoms with Gasteiger partial charge < -0.3 is 4.90 Å². The number of nitrogens with zero attached hydrogens (tertiary/aromatic N) is 1. The minimum atomic E-state index is -0.0903. The molecule has 1 fully saturated rings. The van der Waals surface area contributed by atoms with E-state index >= 15 is 0 Å². The second kappa shape index (κ2) is 2.47. The highest BCUT2D eigenvalue weighted by molar-refractivity contribution is 5.59. The first kappa shape index (κ1) is 7.36. The third kappa shape index (κ3) is 0.978. The van der Waals surface area contributed by atoms with E-state index in [1.807, 2.05) is 6.07 Å². The molecule has 0 atom stereocenters. The van der Waals surface area contributed by atoms with Gasteiger partial charge >= 0.3 is 0 Å². The molecule has 3 heterocycles. The van der Waals surface area contributed by atoms with Gasteiger partial charge in [0.2, 0.25) is 0 Å². The zero-order chi connectivity index (χ0) is 8.84. The van der Waals surface area contributed by atoms with Crippen LogP contribution in [0.3, 0.4) is 0 Å². The summed E-state index contributed by atoms with van der Waals surface area (Å²) >= 11 is 0. The Balaban J connectivity index is 2.18. The van der Waals surface area contributed by atoms with Crippen LogP contribution in [0.1, 0.15) is 24.3 Å². The van der Waals surface area contributed by atoms with Crippen molar-refractivity contribution in [2.24, 2.45) is 0 Å². The van der Waals surface area contributed by atoms with Crippen LogP contribution in [0.5, 0.6) is 0 Å². The number of hydrogen-bond donors (Lipinski definition) is 0. The van der Waals surface area contributed by atoms with Crippen molar-refractivity contribution in [3.05, 3.63) is 29.6 Å². The summed E-state index contributed by atoms with van der Waals surface area (Å²) in [6.45, 7) is 2.31. The summed E-state index contributed by atoms with van der Waals surface area (Å²) in [4.78, 5) is 2.37. The Labute approximate surface area is 77.2 Å². The van der Waals surface area contributed by atoms with E-state index in [0.717, 1.165) is 13.1 Å². The van der Waals surface area contributed by atoms with Crippen molar-refractivity contribution < 1.29 is 4.39 Å². The van der Waals surface area contributed by atoms with E-state index in [1.165, 1.54) is 24.1 Å². The molecule has 0 spiro atoms. The van der Waals surface area contributed by atoms with Crippen molar-refractivity contribution >= 4 is 5.69 Å². The topological polar surface area (TPSA) is 3.24 Å². The van der Waals surface area contributed by atoms with E-state index in [2.05, 4.69) is 4.90 Å². The van der Waals surface area contributed by atoms with Gasteiger partial charge in [0.25, 0.3) is 0 Å². The van der Waals surface area contributed by atoms with Crippen molar-refractivity contribution in [2.45, 2.75) is 18.8 Å². The maximum absolute atomic E-state index is 13.0. The van der Waals surface area contributed by atoms with Crippen molar-refractivity contribution in [1.29, 1.82) is 0 Å². The third-order valence-electron chi connectivity index (χ3n) is 3.27. The molecule has 4 rings (SSSR count). The first-order valence-electron chi connectivity index (χ1n) is 4.89. The van der Waals surface area contributed by atoms with E-state index in [-0.39, 0.29) is 5.82 Å². The Morgan fingerprint density at radius 2 is 2.00 bits per heavy atom. The summed E-state index contributed by atoms with van der Waals surface area (Å²) < 4.78 is 13.0. The SMILES string of the molecule is Fc1ccc2c(c1)C1CCN2CC1. The quantitative estimate of drug-likeness (QED) is 0.588. The van der Waals surface area contributed by atoms with Crippen molar-refractivity contribution in [3.8, 4) is 0 Å². The first-order valence-corrected chi connectivity index (χ1v) is 4.89. The average molecular weight is 177 g/mol. The van der Waals surface area contributed by atoms with Crippen LogP contribution in [0.15, 0.2) is 18.2 Å².